The maximum atomic E-state index is 14.2. The van der Waals surface area contributed by atoms with Crippen LogP contribution in [0.2, 0.25) is 0 Å². The number of hydrogen-bond donors (Lipinski definition) is 0. The van der Waals surface area contributed by atoms with Gasteiger partial charge in [-0.25, -0.2) is 14.1 Å². The number of carbonyl (C=O) groups excluding carboxylic acids is 2. The van der Waals surface area contributed by atoms with Crippen LogP contribution in [-0.2, 0) is 22.7 Å². The molecule has 1 aliphatic rings. The van der Waals surface area contributed by atoms with Crippen molar-refractivity contribution >= 4 is 17.5 Å². The van der Waals surface area contributed by atoms with Crippen LogP contribution in [0.4, 0.5) is 10.1 Å². The van der Waals surface area contributed by atoms with Crippen LogP contribution in [0.1, 0.15) is 50.8 Å². The zero-order chi connectivity index (χ0) is 24.1. The van der Waals surface area contributed by atoms with Crippen LogP contribution in [-0.4, -0.2) is 68.6 Å². The SMILES string of the molecule is CC(=O)N1CCCN(C(C)C)CCN(C(=O)CCn2nc(C)nc2C)Cc2ccc(F)cc21. The van der Waals surface area contributed by atoms with Gasteiger partial charge in [-0.2, -0.15) is 5.10 Å². The summed E-state index contributed by atoms with van der Waals surface area (Å²) >= 11 is 0. The molecule has 1 aromatic heterocycles. The van der Waals surface area contributed by atoms with Gasteiger partial charge in [-0.15, -0.1) is 0 Å². The maximum absolute atomic E-state index is 14.2. The fourth-order valence-corrected chi connectivity index (χ4v) is 4.31. The van der Waals surface area contributed by atoms with Crippen LogP contribution in [0.25, 0.3) is 0 Å². The molecule has 2 aromatic rings. The number of anilines is 1. The average Bonchev–Trinajstić information content (AvgIpc) is 3.05. The molecule has 2 amide bonds. The molecule has 0 bridgehead atoms. The number of hydrogen-bond acceptors (Lipinski definition) is 5. The highest BCUT2D eigenvalue weighted by atomic mass is 19.1. The number of rotatable bonds is 4. The van der Waals surface area contributed by atoms with Crippen molar-refractivity contribution in [1.29, 1.82) is 0 Å². The Labute approximate surface area is 195 Å². The van der Waals surface area contributed by atoms with Crippen molar-refractivity contribution in [1.82, 2.24) is 24.6 Å². The molecule has 0 fully saturated rings. The summed E-state index contributed by atoms with van der Waals surface area (Å²) in [6, 6.07) is 4.79. The molecule has 1 aromatic carbocycles. The van der Waals surface area contributed by atoms with E-state index in [2.05, 4.69) is 28.8 Å². The molecule has 9 heteroatoms. The summed E-state index contributed by atoms with van der Waals surface area (Å²) in [5.74, 6) is 0.931. The van der Waals surface area contributed by atoms with Crippen molar-refractivity contribution in [2.75, 3.05) is 31.1 Å². The first-order valence-corrected chi connectivity index (χ1v) is 11.6. The summed E-state index contributed by atoms with van der Waals surface area (Å²) in [6.45, 7) is 12.8. The Morgan fingerprint density at radius 2 is 1.88 bits per heavy atom. The fraction of sp³-hybridized carbons (Fsp3) is 0.583. The summed E-state index contributed by atoms with van der Waals surface area (Å²) in [4.78, 5) is 35.8. The summed E-state index contributed by atoms with van der Waals surface area (Å²) < 4.78 is 15.9. The van der Waals surface area contributed by atoms with Crippen LogP contribution in [0, 0.1) is 19.7 Å². The molecule has 0 N–H and O–H groups in total. The third-order valence-corrected chi connectivity index (χ3v) is 6.15. The number of aromatic nitrogens is 3. The van der Waals surface area contributed by atoms with Gasteiger partial charge < -0.3 is 9.80 Å². The second-order valence-electron chi connectivity index (χ2n) is 8.92. The molecule has 0 spiro atoms. The zero-order valence-electron chi connectivity index (χ0n) is 20.3. The molecule has 2 heterocycles. The molecule has 0 aliphatic carbocycles. The number of nitrogens with zero attached hydrogens (tertiary/aromatic N) is 6. The predicted octanol–water partition coefficient (Wildman–Crippen LogP) is 2.92. The van der Waals surface area contributed by atoms with Gasteiger partial charge in [-0.1, -0.05) is 6.07 Å². The maximum Gasteiger partial charge on any atom is 0.224 e. The highest BCUT2D eigenvalue weighted by molar-refractivity contribution is 5.92. The summed E-state index contributed by atoms with van der Waals surface area (Å²) in [5, 5.41) is 4.35. The van der Waals surface area contributed by atoms with Crippen LogP contribution >= 0.6 is 0 Å². The first-order valence-electron chi connectivity index (χ1n) is 11.6. The molecule has 0 radical (unpaired) electrons. The van der Waals surface area contributed by atoms with Crippen molar-refractivity contribution in [3.8, 4) is 0 Å². The Morgan fingerprint density at radius 3 is 2.52 bits per heavy atom. The fourth-order valence-electron chi connectivity index (χ4n) is 4.31. The Morgan fingerprint density at radius 1 is 1.12 bits per heavy atom. The van der Waals surface area contributed by atoms with Gasteiger partial charge in [0.2, 0.25) is 11.8 Å². The van der Waals surface area contributed by atoms with E-state index in [1.165, 1.54) is 19.1 Å². The molecule has 180 valence electrons. The number of amides is 2. The van der Waals surface area contributed by atoms with E-state index >= 15 is 0 Å². The smallest absolute Gasteiger partial charge is 0.224 e. The topological polar surface area (TPSA) is 74.6 Å². The lowest BCUT2D eigenvalue weighted by Crippen LogP contribution is -2.41. The van der Waals surface area contributed by atoms with Crippen LogP contribution in [0.15, 0.2) is 18.2 Å². The summed E-state index contributed by atoms with van der Waals surface area (Å²) in [6.07, 6.45) is 1.06. The van der Waals surface area contributed by atoms with Crippen molar-refractivity contribution in [3.05, 3.63) is 41.2 Å². The number of halogens is 1. The lowest BCUT2D eigenvalue weighted by Gasteiger charge is -2.30. The van der Waals surface area contributed by atoms with E-state index in [4.69, 9.17) is 0 Å². The highest BCUT2D eigenvalue weighted by Crippen LogP contribution is 2.25. The molecule has 0 atom stereocenters. The van der Waals surface area contributed by atoms with Crippen molar-refractivity contribution in [2.24, 2.45) is 0 Å². The number of fused-ring (bicyclic) bond motifs is 1. The Kier molecular flexibility index (Phi) is 8.18. The van der Waals surface area contributed by atoms with Gasteiger partial charge in [0.05, 0.1) is 12.2 Å². The number of aryl methyl sites for hydroxylation is 3. The molecule has 0 saturated carbocycles. The van der Waals surface area contributed by atoms with E-state index in [1.54, 1.807) is 15.6 Å². The third kappa shape index (κ3) is 6.37. The number of benzene rings is 1. The van der Waals surface area contributed by atoms with Crippen LogP contribution in [0.5, 0.6) is 0 Å². The Balaban J connectivity index is 1.88. The van der Waals surface area contributed by atoms with Crippen LogP contribution in [0.3, 0.4) is 0 Å². The van der Waals surface area contributed by atoms with Gasteiger partial charge in [0, 0.05) is 52.1 Å². The van der Waals surface area contributed by atoms with E-state index in [0.29, 0.717) is 43.7 Å². The summed E-state index contributed by atoms with van der Waals surface area (Å²) in [5.41, 5.74) is 1.31. The molecular formula is C24H35FN6O2. The lowest BCUT2D eigenvalue weighted by atomic mass is 10.1. The minimum absolute atomic E-state index is 0.00449. The minimum atomic E-state index is -0.395. The predicted molar refractivity (Wildman–Crippen MR) is 125 cm³/mol. The van der Waals surface area contributed by atoms with Gasteiger partial charge >= 0.3 is 0 Å². The van der Waals surface area contributed by atoms with E-state index in [0.717, 1.165) is 30.9 Å². The first-order chi connectivity index (χ1) is 15.7. The quantitative estimate of drug-likeness (QED) is 0.704. The molecule has 0 saturated heterocycles. The Hall–Kier alpha value is -2.81. The van der Waals surface area contributed by atoms with E-state index < -0.39 is 5.82 Å². The van der Waals surface area contributed by atoms with Gasteiger partial charge in [0.15, 0.2) is 0 Å². The van der Waals surface area contributed by atoms with Gasteiger partial charge in [-0.3, -0.25) is 14.5 Å². The molecule has 3 rings (SSSR count). The normalized spacial score (nSPS) is 16.0. The van der Waals surface area contributed by atoms with Gasteiger partial charge in [0.25, 0.3) is 0 Å². The molecule has 33 heavy (non-hydrogen) atoms. The van der Waals surface area contributed by atoms with E-state index in [9.17, 15) is 14.0 Å². The van der Waals surface area contributed by atoms with Gasteiger partial charge in [-0.05, 0) is 51.8 Å². The number of carbonyl (C=O) groups is 2. The van der Waals surface area contributed by atoms with Crippen molar-refractivity contribution in [2.45, 2.75) is 66.6 Å². The van der Waals surface area contributed by atoms with Crippen LogP contribution < -0.4 is 4.90 Å². The molecular weight excluding hydrogens is 423 g/mol. The molecule has 8 nitrogen and oxygen atoms in total. The second-order valence-corrected chi connectivity index (χ2v) is 8.92. The highest BCUT2D eigenvalue weighted by Gasteiger charge is 2.23. The summed E-state index contributed by atoms with van der Waals surface area (Å²) in [7, 11) is 0. The zero-order valence-corrected chi connectivity index (χ0v) is 20.3. The third-order valence-electron chi connectivity index (χ3n) is 6.15. The second kappa shape index (κ2) is 10.9. The standard InChI is InChI=1S/C24H35FN6O2/c1-17(2)28-10-6-11-30(20(5)32)23-15-22(25)8-7-21(23)16-29(14-13-28)24(33)9-12-31-19(4)26-18(3)27-31/h7-8,15,17H,6,9-14,16H2,1-5H3. The van der Waals surface area contributed by atoms with Crippen molar-refractivity contribution in [3.63, 3.8) is 0 Å². The average molecular weight is 459 g/mol. The monoisotopic (exact) mass is 458 g/mol. The Bertz CT molecular complexity index is 989. The largest absolute Gasteiger partial charge is 0.337 e. The first kappa shape index (κ1) is 24.8. The lowest BCUT2D eigenvalue weighted by molar-refractivity contribution is -0.132. The molecule has 1 aliphatic heterocycles. The molecule has 0 unspecified atom stereocenters. The van der Waals surface area contributed by atoms with Crippen molar-refractivity contribution < 1.29 is 14.0 Å². The van der Waals surface area contributed by atoms with Gasteiger partial charge in [0.1, 0.15) is 17.5 Å². The van der Waals surface area contributed by atoms with E-state index in [1.807, 2.05) is 18.7 Å². The van der Waals surface area contributed by atoms with E-state index in [-0.39, 0.29) is 18.2 Å². The minimum Gasteiger partial charge on any atom is -0.337 e.